The summed E-state index contributed by atoms with van der Waals surface area (Å²) in [4.78, 5) is 36.0. The van der Waals surface area contributed by atoms with Crippen LogP contribution in [0.4, 0.5) is 5.69 Å². The summed E-state index contributed by atoms with van der Waals surface area (Å²) in [6.45, 7) is 3.88. The molecule has 0 saturated carbocycles. The number of amides is 2. The van der Waals surface area contributed by atoms with Crippen LogP contribution in [0.5, 0.6) is 0 Å². The van der Waals surface area contributed by atoms with E-state index in [1.54, 1.807) is 42.2 Å². The van der Waals surface area contributed by atoms with Gasteiger partial charge in [-0.2, -0.15) is 5.10 Å². The Bertz CT molecular complexity index is 1480. The van der Waals surface area contributed by atoms with E-state index < -0.39 is 11.4 Å². The number of halogens is 2. The summed E-state index contributed by atoms with van der Waals surface area (Å²) >= 11 is 12.4. The van der Waals surface area contributed by atoms with Crippen molar-refractivity contribution in [2.75, 3.05) is 5.32 Å². The summed E-state index contributed by atoms with van der Waals surface area (Å²) in [5.74, 6) is 0.488. The lowest BCUT2D eigenvalue weighted by molar-refractivity contribution is -0.133. The molecule has 0 radical (unpaired) electrons. The number of aromatic nitrogens is 4. The number of carbonyl (C=O) groups excluding carboxylic acids is 2. The smallest absolute Gasteiger partial charge is 0.254 e. The first kappa shape index (κ1) is 24.2. The number of nitrogens with one attached hydrogen (secondary N) is 2. The van der Waals surface area contributed by atoms with E-state index in [9.17, 15) is 9.59 Å². The number of benzene rings is 2. The summed E-state index contributed by atoms with van der Waals surface area (Å²) in [5.41, 5.74) is -0.399. The van der Waals surface area contributed by atoms with Crippen LogP contribution >= 0.6 is 23.2 Å². The highest BCUT2D eigenvalue weighted by atomic mass is 35.5. The van der Waals surface area contributed by atoms with Crippen LogP contribution in [0.2, 0.25) is 10.0 Å². The van der Waals surface area contributed by atoms with Gasteiger partial charge < -0.3 is 10.6 Å². The molecule has 5 rings (SSSR count). The Morgan fingerprint density at radius 3 is 2.72 bits per heavy atom. The van der Waals surface area contributed by atoms with Crippen LogP contribution in [0, 0.1) is 12.8 Å². The number of fused-ring (bicyclic) bond motifs is 2. The van der Waals surface area contributed by atoms with Crippen LogP contribution in [0.3, 0.4) is 0 Å². The van der Waals surface area contributed by atoms with Gasteiger partial charge in [-0.15, -0.1) is 0 Å². The average Bonchev–Trinajstić information content (AvgIpc) is 3.25. The maximum Gasteiger partial charge on any atom is 0.254 e. The van der Waals surface area contributed by atoms with Crippen molar-refractivity contribution in [2.45, 2.75) is 38.8 Å². The first-order chi connectivity index (χ1) is 17.2. The first-order valence-corrected chi connectivity index (χ1v) is 12.3. The molecule has 0 fully saturated rings. The average molecular weight is 523 g/mol. The van der Waals surface area contributed by atoms with Gasteiger partial charge in [0.05, 0.1) is 34.4 Å². The summed E-state index contributed by atoms with van der Waals surface area (Å²) in [5, 5.41) is 12.7. The van der Waals surface area contributed by atoms with Crippen molar-refractivity contribution in [3.8, 4) is 0 Å². The van der Waals surface area contributed by atoms with Gasteiger partial charge in [0.15, 0.2) is 0 Å². The minimum atomic E-state index is -1.44. The Morgan fingerprint density at radius 1 is 1.11 bits per heavy atom. The minimum Gasteiger partial charge on any atom is -0.338 e. The largest absolute Gasteiger partial charge is 0.338 e. The quantitative estimate of drug-likeness (QED) is 0.396. The second-order valence-corrected chi connectivity index (χ2v) is 9.91. The SMILES string of the molecule is Cc1nc2n(n1)CC(C(=O)NC(C)(C(=O)Nc1cncc3ccccc13)c1ccc(Cl)c(Cl)c1)CC2. The highest BCUT2D eigenvalue weighted by Crippen LogP contribution is 2.32. The van der Waals surface area contributed by atoms with Crippen molar-refractivity contribution in [1.82, 2.24) is 25.1 Å². The molecule has 0 saturated heterocycles. The maximum absolute atomic E-state index is 13.8. The van der Waals surface area contributed by atoms with Crippen molar-refractivity contribution < 1.29 is 9.59 Å². The molecule has 0 spiro atoms. The Labute approximate surface area is 218 Å². The molecule has 4 aromatic rings. The van der Waals surface area contributed by atoms with Crippen LogP contribution in [0.15, 0.2) is 54.9 Å². The third kappa shape index (κ3) is 4.54. The molecule has 36 heavy (non-hydrogen) atoms. The molecule has 2 aromatic heterocycles. The number of hydrogen-bond donors (Lipinski definition) is 2. The van der Waals surface area contributed by atoms with Gasteiger partial charge in [-0.25, -0.2) is 9.67 Å². The maximum atomic E-state index is 13.8. The van der Waals surface area contributed by atoms with E-state index in [2.05, 4.69) is 25.7 Å². The zero-order chi connectivity index (χ0) is 25.4. The molecule has 1 aliphatic heterocycles. The lowest BCUT2D eigenvalue weighted by atomic mass is 9.88. The van der Waals surface area contributed by atoms with Gasteiger partial charge in [0, 0.05) is 23.4 Å². The zero-order valence-corrected chi connectivity index (χ0v) is 21.3. The van der Waals surface area contributed by atoms with Gasteiger partial charge in [-0.3, -0.25) is 14.6 Å². The summed E-state index contributed by atoms with van der Waals surface area (Å²) < 4.78 is 1.77. The number of aryl methyl sites for hydroxylation is 2. The molecular weight excluding hydrogens is 499 g/mol. The molecule has 10 heteroatoms. The van der Waals surface area contributed by atoms with E-state index in [0.29, 0.717) is 41.5 Å². The predicted octanol–water partition coefficient (Wildman–Crippen LogP) is 4.67. The molecular formula is C26H24Cl2N6O2. The van der Waals surface area contributed by atoms with Gasteiger partial charge in [0.1, 0.15) is 17.2 Å². The Hall–Kier alpha value is -3.49. The predicted molar refractivity (Wildman–Crippen MR) is 139 cm³/mol. The topological polar surface area (TPSA) is 102 Å². The van der Waals surface area contributed by atoms with Gasteiger partial charge in [0.25, 0.3) is 5.91 Å². The molecule has 3 heterocycles. The zero-order valence-electron chi connectivity index (χ0n) is 19.8. The van der Waals surface area contributed by atoms with Gasteiger partial charge in [-0.1, -0.05) is 53.5 Å². The fourth-order valence-corrected chi connectivity index (χ4v) is 4.82. The van der Waals surface area contributed by atoms with Crippen molar-refractivity contribution in [2.24, 2.45) is 5.92 Å². The molecule has 2 amide bonds. The molecule has 2 N–H and O–H groups in total. The van der Waals surface area contributed by atoms with Crippen LogP contribution < -0.4 is 10.6 Å². The Balaban J connectivity index is 1.47. The number of pyridine rings is 1. The van der Waals surface area contributed by atoms with Gasteiger partial charge in [0.2, 0.25) is 5.91 Å². The van der Waals surface area contributed by atoms with E-state index in [4.69, 9.17) is 23.2 Å². The number of anilines is 1. The number of carbonyl (C=O) groups is 2. The van der Waals surface area contributed by atoms with Crippen LogP contribution in [-0.4, -0.2) is 31.6 Å². The third-order valence-corrected chi connectivity index (χ3v) is 7.31. The Morgan fingerprint density at radius 2 is 1.92 bits per heavy atom. The highest BCUT2D eigenvalue weighted by molar-refractivity contribution is 6.42. The molecule has 2 unspecified atom stereocenters. The molecule has 0 aliphatic carbocycles. The lowest BCUT2D eigenvalue weighted by Crippen LogP contribution is -2.54. The van der Waals surface area contributed by atoms with Gasteiger partial charge >= 0.3 is 0 Å². The Kier molecular flexibility index (Phi) is 6.40. The van der Waals surface area contributed by atoms with Crippen molar-refractivity contribution >= 4 is 51.5 Å². The first-order valence-electron chi connectivity index (χ1n) is 11.6. The summed E-state index contributed by atoms with van der Waals surface area (Å²) in [6, 6.07) is 12.5. The number of rotatable bonds is 5. The monoisotopic (exact) mass is 522 g/mol. The second kappa shape index (κ2) is 9.52. The lowest BCUT2D eigenvalue weighted by Gasteiger charge is -2.33. The molecule has 184 valence electrons. The van der Waals surface area contributed by atoms with Crippen molar-refractivity contribution in [3.63, 3.8) is 0 Å². The van der Waals surface area contributed by atoms with E-state index in [1.807, 2.05) is 31.2 Å². The molecule has 1 aliphatic rings. The van der Waals surface area contributed by atoms with Crippen molar-refractivity contribution in [1.29, 1.82) is 0 Å². The van der Waals surface area contributed by atoms with Crippen LogP contribution in [-0.2, 0) is 28.1 Å². The molecule has 2 aromatic carbocycles. The van der Waals surface area contributed by atoms with Crippen LogP contribution in [0.1, 0.15) is 30.6 Å². The summed E-state index contributed by atoms with van der Waals surface area (Å²) in [7, 11) is 0. The highest BCUT2D eigenvalue weighted by Gasteiger charge is 2.40. The summed E-state index contributed by atoms with van der Waals surface area (Å²) in [6.07, 6.45) is 4.56. The molecule has 2 atom stereocenters. The van der Waals surface area contributed by atoms with Gasteiger partial charge in [-0.05, 0) is 38.0 Å². The van der Waals surface area contributed by atoms with E-state index in [0.717, 1.165) is 16.6 Å². The van der Waals surface area contributed by atoms with E-state index in [1.165, 1.54) is 0 Å². The fourth-order valence-electron chi connectivity index (χ4n) is 4.53. The molecule has 0 bridgehead atoms. The van der Waals surface area contributed by atoms with Crippen LogP contribution in [0.25, 0.3) is 10.8 Å². The second-order valence-electron chi connectivity index (χ2n) is 9.10. The van der Waals surface area contributed by atoms with E-state index >= 15 is 0 Å². The number of hydrogen-bond acceptors (Lipinski definition) is 5. The number of nitrogens with zero attached hydrogens (tertiary/aromatic N) is 4. The molecule has 8 nitrogen and oxygen atoms in total. The third-order valence-electron chi connectivity index (χ3n) is 6.58. The van der Waals surface area contributed by atoms with Crippen molar-refractivity contribution in [3.05, 3.63) is 82.1 Å². The normalized spacial score (nSPS) is 16.7. The van der Waals surface area contributed by atoms with E-state index in [-0.39, 0.29) is 16.8 Å². The minimum absolute atomic E-state index is 0.256. The standard InChI is InChI=1S/C26H24Cl2N6O2/c1-15-30-23-10-7-17(14-34(23)33-15)24(35)32-26(2,18-8-9-20(27)21(28)11-18)25(36)31-22-13-29-12-16-5-3-4-6-19(16)22/h3-6,8-9,11-13,17H,7,10,14H2,1-2H3,(H,31,36)(H,32,35). The fraction of sp³-hybridized carbons (Fsp3) is 0.269.